The largest absolute Gasteiger partial charge is 0.347 e. The van der Waals surface area contributed by atoms with Crippen LogP contribution in [-0.2, 0) is 0 Å². The van der Waals surface area contributed by atoms with E-state index in [2.05, 4.69) is 16.9 Å². The zero-order valence-electron chi connectivity index (χ0n) is 7.96. The maximum atomic E-state index is 11.4. The second kappa shape index (κ2) is 4.41. The van der Waals surface area contributed by atoms with Crippen molar-refractivity contribution in [2.45, 2.75) is 6.92 Å². The molecule has 0 spiro atoms. The monoisotopic (exact) mass is 192 g/mol. The molecule has 0 unspecified atom stereocenters. The van der Waals surface area contributed by atoms with Crippen molar-refractivity contribution in [2.75, 3.05) is 6.54 Å². The van der Waals surface area contributed by atoms with Gasteiger partial charge < -0.3 is 10.3 Å². The number of hydrogen-bond donors (Lipinski definition) is 2. The van der Waals surface area contributed by atoms with Crippen LogP contribution in [0.15, 0.2) is 35.1 Å². The molecule has 0 atom stereocenters. The lowest BCUT2D eigenvalue weighted by Gasteiger charge is -2.03. The van der Waals surface area contributed by atoms with Crippen LogP contribution in [0, 0.1) is 0 Å². The van der Waals surface area contributed by atoms with Crippen LogP contribution in [0.1, 0.15) is 17.4 Å². The fraction of sp³-hybridized carbons (Fsp3) is 0.200. The highest BCUT2D eigenvalue weighted by Gasteiger charge is 2.04. The third-order valence-electron chi connectivity index (χ3n) is 1.56. The topological polar surface area (TPSA) is 62.0 Å². The molecule has 1 heterocycles. The van der Waals surface area contributed by atoms with Crippen molar-refractivity contribution in [3.8, 4) is 0 Å². The van der Waals surface area contributed by atoms with Gasteiger partial charge in [0.1, 0.15) is 5.69 Å². The van der Waals surface area contributed by atoms with Crippen LogP contribution in [0.5, 0.6) is 0 Å². The lowest BCUT2D eigenvalue weighted by atomic mass is 10.3. The van der Waals surface area contributed by atoms with E-state index in [0.717, 1.165) is 5.57 Å². The molecule has 0 aliphatic heterocycles. The Morgan fingerprint density at radius 1 is 1.57 bits per heavy atom. The van der Waals surface area contributed by atoms with Crippen molar-refractivity contribution in [3.63, 3.8) is 0 Å². The van der Waals surface area contributed by atoms with Gasteiger partial charge >= 0.3 is 0 Å². The third kappa shape index (κ3) is 2.90. The zero-order chi connectivity index (χ0) is 10.6. The average Bonchev–Trinajstić information content (AvgIpc) is 2.14. The lowest BCUT2D eigenvalue weighted by Crippen LogP contribution is -2.27. The van der Waals surface area contributed by atoms with E-state index in [1.165, 1.54) is 12.1 Å². The Kier molecular flexibility index (Phi) is 3.23. The third-order valence-corrected chi connectivity index (χ3v) is 1.56. The van der Waals surface area contributed by atoms with Crippen LogP contribution in [0.4, 0.5) is 0 Å². The van der Waals surface area contributed by atoms with E-state index >= 15 is 0 Å². The molecule has 4 nitrogen and oxygen atoms in total. The molecule has 2 N–H and O–H groups in total. The molecule has 0 fully saturated rings. The maximum Gasteiger partial charge on any atom is 0.268 e. The molecular weight excluding hydrogens is 180 g/mol. The van der Waals surface area contributed by atoms with Gasteiger partial charge in [-0.2, -0.15) is 0 Å². The molecule has 0 saturated carbocycles. The Hall–Kier alpha value is -1.84. The van der Waals surface area contributed by atoms with Crippen LogP contribution in [0.3, 0.4) is 0 Å². The molecule has 0 radical (unpaired) electrons. The summed E-state index contributed by atoms with van der Waals surface area (Å²) in [7, 11) is 0. The minimum absolute atomic E-state index is 0.263. The van der Waals surface area contributed by atoms with Gasteiger partial charge in [0.2, 0.25) is 5.56 Å². The van der Waals surface area contributed by atoms with Crippen molar-refractivity contribution in [3.05, 3.63) is 46.4 Å². The van der Waals surface area contributed by atoms with Gasteiger partial charge in [-0.25, -0.2) is 0 Å². The lowest BCUT2D eigenvalue weighted by molar-refractivity contribution is 0.0952. The molecule has 14 heavy (non-hydrogen) atoms. The van der Waals surface area contributed by atoms with Gasteiger partial charge in [0, 0.05) is 12.6 Å². The van der Waals surface area contributed by atoms with Crippen molar-refractivity contribution in [1.82, 2.24) is 10.3 Å². The highest BCUT2D eigenvalue weighted by molar-refractivity contribution is 5.92. The predicted octanol–water partition coefficient (Wildman–Crippen LogP) is 0.681. The highest BCUT2D eigenvalue weighted by Crippen LogP contribution is 1.90. The van der Waals surface area contributed by atoms with Crippen LogP contribution in [0.2, 0.25) is 0 Å². The van der Waals surface area contributed by atoms with Gasteiger partial charge in [-0.15, -0.1) is 0 Å². The molecule has 1 aromatic heterocycles. The normalized spacial score (nSPS) is 9.50. The Labute approximate surface area is 81.7 Å². The summed E-state index contributed by atoms with van der Waals surface area (Å²) in [6, 6.07) is 4.44. The number of rotatable bonds is 3. The van der Waals surface area contributed by atoms with E-state index in [-0.39, 0.29) is 17.2 Å². The van der Waals surface area contributed by atoms with Crippen LogP contribution in [0.25, 0.3) is 0 Å². The summed E-state index contributed by atoms with van der Waals surface area (Å²) < 4.78 is 0. The molecule has 74 valence electrons. The average molecular weight is 192 g/mol. The first kappa shape index (κ1) is 10.2. The molecular formula is C10H12N2O2. The number of H-pyrrole nitrogens is 1. The number of hydrogen-bond acceptors (Lipinski definition) is 2. The van der Waals surface area contributed by atoms with Crippen molar-refractivity contribution in [2.24, 2.45) is 0 Å². The van der Waals surface area contributed by atoms with Gasteiger partial charge in [0.25, 0.3) is 5.91 Å². The van der Waals surface area contributed by atoms with Crippen molar-refractivity contribution < 1.29 is 4.79 Å². The number of carbonyl (C=O) groups is 1. The number of carbonyl (C=O) groups excluding carboxylic acids is 1. The number of aromatic amines is 1. The number of pyridine rings is 1. The smallest absolute Gasteiger partial charge is 0.268 e. The fourth-order valence-electron chi connectivity index (χ4n) is 0.907. The van der Waals surface area contributed by atoms with Gasteiger partial charge in [-0.3, -0.25) is 9.59 Å². The number of aromatic nitrogens is 1. The van der Waals surface area contributed by atoms with Crippen LogP contribution >= 0.6 is 0 Å². The number of nitrogens with one attached hydrogen (secondary N) is 2. The summed E-state index contributed by atoms with van der Waals surface area (Å²) in [5, 5.41) is 2.62. The van der Waals surface area contributed by atoms with Crippen molar-refractivity contribution in [1.29, 1.82) is 0 Å². The van der Waals surface area contributed by atoms with Gasteiger partial charge in [0.15, 0.2) is 0 Å². The summed E-state index contributed by atoms with van der Waals surface area (Å²) in [6.45, 7) is 5.88. The highest BCUT2D eigenvalue weighted by atomic mass is 16.2. The SMILES string of the molecule is C=C(C)CNC(=O)c1cccc(=O)[nH]1. The Bertz CT molecular complexity index is 407. The first-order valence-corrected chi connectivity index (χ1v) is 4.21. The summed E-state index contributed by atoms with van der Waals surface area (Å²) in [5.41, 5.74) is 0.836. The van der Waals surface area contributed by atoms with E-state index in [0.29, 0.717) is 6.54 Å². The summed E-state index contributed by atoms with van der Waals surface area (Å²) in [6.07, 6.45) is 0. The first-order chi connectivity index (χ1) is 6.59. The molecule has 1 amide bonds. The summed E-state index contributed by atoms with van der Waals surface area (Å²) >= 11 is 0. The zero-order valence-corrected chi connectivity index (χ0v) is 7.96. The molecule has 0 aromatic carbocycles. The standard InChI is InChI=1S/C10H12N2O2/c1-7(2)6-11-10(14)8-4-3-5-9(13)12-8/h3-5H,1,6H2,2H3,(H,11,14)(H,12,13). The molecule has 1 rings (SSSR count). The van der Waals surface area contributed by atoms with Gasteiger partial charge in [0.05, 0.1) is 0 Å². The summed E-state index contributed by atoms with van der Waals surface area (Å²) in [5.74, 6) is -0.300. The fourth-order valence-corrected chi connectivity index (χ4v) is 0.907. The van der Waals surface area contributed by atoms with Crippen LogP contribution in [-0.4, -0.2) is 17.4 Å². The maximum absolute atomic E-state index is 11.4. The molecule has 0 bridgehead atoms. The second-order valence-corrected chi connectivity index (χ2v) is 3.07. The van der Waals surface area contributed by atoms with E-state index in [4.69, 9.17) is 0 Å². The Morgan fingerprint density at radius 3 is 2.86 bits per heavy atom. The number of amides is 1. The van der Waals surface area contributed by atoms with Gasteiger partial charge in [-0.1, -0.05) is 18.2 Å². The van der Waals surface area contributed by atoms with Crippen molar-refractivity contribution >= 4 is 5.91 Å². The van der Waals surface area contributed by atoms with E-state index in [1.54, 1.807) is 6.07 Å². The first-order valence-electron chi connectivity index (χ1n) is 4.21. The Balaban J connectivity index is 2.70. The van der Waals surface area contributed by atoms with Gasteiger partial charge in [-0.05, 0) is 13.0 Å². The molecule has 0 aliphatic carbocycles. The minimum Gasteiger partial charge on any atom is -0.347 e. The quantitative estimate of drug-likeness (QED) is 0.692. The van der Waals surface area contributed by atoms with Crippen LogP contribution < -0.4 is 10.9 Å². The summed E-state index contributed by atoms with van der Waals surface area (Å²) in [4.78, 5) is 24.7. The Morgan fingerprint density at radius 2 is 2.29 bits per heavy atom. The minimum atomic E-state index is -0.300. The molecule has 0 aliphatic rings. The molecule has 4 heteroatoms. The molecule has 1 aromatic rings. The van der Waals surface area contributed by atoms with E-state index in [1.807, 2.05) is 6.92 Å². The predicted molar refractivity (Wildman–Crippen MR) is 54.2 cm³/mol. The van der Waals surface area contributed by atoms with E-state index < -0.39 is 0 Å². The molecule has 0 saturated heterocycles. The second-order valence-electron chi connectivity index (χ2n) is 3.07. The van der Waals surface area contributed by atoms with E-state index in [9.17, 15) is 9.59 Å².